The standard InChI is InChI=1S/C9H10BrNO3S/c1-5-6(10)2-8(15-5)7(11-4-12)3-9(13)14/h2,4,7H,3H2,1H3,(H,11,12)(H,13,14)/t7-/m1/s1. The molecule has 4 nitrogen and oxygen atoms in total. The largest absolute Gasteiger partial charge is 0.481 e. The molecule has 0 bridgehead atoms. The normalized spacial score (nSPS) is 12.1. The van der Waals surface area contributed by atoms with E-state index in [2.05, 4.69) is 21.2 Å². The lowest BCUT2D eigenvalue weighted by Crippen LogP contribution is -2.21. The van der Waals surface area contributed by atoms with Crippen molar-refractivity contribution < 1.29 is 14.7 Å². The van der Waals surface area contributed by atoms with E-state index in [0.717, 1.165) is 14.2 Å². The Morgan fingerprint density at radius 2 is 2.47 bits per heavy atom. The number of hydrogen-bond acceptors (Lipinski definition) is 3. The van der Waals surface area contributed by atoms with Crippen molar-refractivity contribution in [3.63, 3.8) is 0 Å². The Hall–Kier alpha value is -0.880. The van der Waals surface area contributed by atoms with Crippen LogP contribution in [0.3, 0.4) is 0 Å². The second-order valence-corrected chi connectivity index (χ2v) is 5.13. The van der Waals surface area contributed by atoms with Crippen molar-refractivity contribution in [3.05, 3.63) is 20.3 Å². The highest BCUT2D eigenvalue weighted by atomic mass is 79.9. The van der Waals surface area contributed by atoms with Gasteiger partial charge in [-0.15, -0.1) is 11.3 Å². The van der Waals surface area contributed by atoms with Crippen LogP contribution in [-0.4, -0.2) is 17.5 Å². The van der Waals surface area contributed by atoms with Crippen LogP contribution in [0.2, 0.25) is 0 Å². The third kappa shape index (κ3) is 3.32. The summed E-state index contributed by atoms with van der Waals surface area (Å²) in [5.41, 5.74) is 0. The summed E-state index contributed by atoms with van der Waals surface area (Å²) < 4.78 is 0.936. The Morgan fingerprint density at radius 1 is 1.80 bits per heavy atom. The summed E-state index contributed by atoms with van der Waals surface area (Å²) in [5.74, 6) is -0.934. The molecule has 0 fully saturated rings. The zero-order chi connectivity index (χ0) is 11.4. The van der Waals surface area contributed by atoms with Crippen molar-refractivity contribution in [2.24, 2.45) is 0 Å². The average molecular weight is 292 g/mol. The van der Waals surface area contributed by atoms with Gasteiger partial charge in [-0.2, -0.15) is 0 Å². The van der Waals surface area contributed by atoms with Gasteiger partial charge in [0.25, 0.3) is 0 Å². The number of nitrogens with one attached hydrogen (secondary N) is 1. The molecule has 0 aliphatic carbocycles. The fraction of sp³-hybridized carbons (Fsp3) is 0.333. The highest BCUT2D eigenvalue weighted by Gasteiger charge is 2.17. The summed E-state index contributed by atoms with van der Waals surface area (Å²) in [6.45, 7) is 1.93. The van der Waals surface area contributed by atoms with Crippen molar-refractivity contribution >= 4 is 39.6 Å². The summed E-state index contributed by atoms with van der Waals surface area (Å²) in [6, 6.07) is 1.39. The molecule has 15 heavy (non-hydrogen) atoms. The first kappa shape index (κ1) is 12.2. The van der Waals surface area contributed by atoms with Crippen LogP contribution in [-0.2, 0) is 9.59 Å². The van der Waals surface area contributed by atoms with E-state index in [4.69, 9.17) is 5.11 Å². The van der Waals surface area contributed by atoms with Gasteiger partial charge in [-0.05, 0) is 28.9 Å². The lowest BCUT2D eigenvalue weighted by Gasteiger charge is -2.10. The lowest BCUT2D eigenvalue weighted by atomic mass is 10.2. The minimum atomic E-state index is -0.934. The van der Waals surface area contributed by atoms with Gasteiger partial charge >= 0.3 is 5.97 Å². The number of thiophene rings is 1. The Labute approximate surface area is 99.4 Å². The molecule has 0 saturated carbocycles. The van der Waals surface area contributed by atoms with Crippen LogP contribution in [0.15, 0.2) is 10.5 Å². The lowest BCUT2D eigenvalue weighted by molar-refractivity contribution is -0.137. The second-order valence-electron chi connectivity index (χ2n) is 2.99. The zero-order valence-electron chi connectivity index (χ0n) is 7.99. The molecule has 1 aromatic heterocycles. The number of carbonyl (C=O) groups excluding carboxylic acids is 1. The first-order valence-corrected chi connectivity index (χ1v) is 5.83. The predicted molar refractivity (Wildman–Crippen MR) is 60.9 cm³/mol. The maximum absolute atomic E-state index is 10.6. The predicted octanol–water partition coefficient (Wildman–Crippen LogP) is 2.08. The average Bonchev–Trinajstić information content (AvgIpc) is 2.46. The third-order valence-corrected chi connectivity index (χ3v) is 4.12. The van der Waals surface area contributed by atoms with E-state index in [0.29, 0.717) is 6.41 Å². The molecule has 1 aromatic rings. The van der Waals surface area contributed by atoms with Crippen molar-refractivity contribution in [3.8, 4) is 0 Å². The van der Waals surface area contributed by atoms with Crippen LogP contribution in [0.4, 0.5) is 0 Å². The van der Waals surface area contributed by atoms with E-state index < -0.39 is 12.0 Å². The summed E-state index contributed by atoms with van der Waals surface area (Å²) in [7, 11) is 0. The van der Waals surface area contributed by atoms with Crippen molar-refractivity contribution in [1.82, 2.24) is 5.32 Å². The van der Waals surface area contributed by atoms with E-state index >= 15 is 0 Å². The fourth-order valence-corrected chi connectivity index (χ4v) is 2.77. The molecule has 1 heterocycles. The molecular formula is C9H10BrNO3S. The number of amides is 1. The van der Waals surface area contributed by atoms with E-state index in [-0.39, 0.29) is 6.42 Å². The number of hydrogen-bond donors (Lipinski definition) is 2. The molecule has 6 heteroatoms. The first-order valence-electron chi connectivity index (χ1n) is 4.22. The van der Waals surface area contributed by atoms with Crippen LogP contribution in [0.25, 0.3) is 0 Å². The van der Waals surface area contributed by atoms with Gasteiger partial charge in [-0.1, -0.05) is 0 Å². The van der Waals surface area contributed by atoms with Gasteiger partial charge in [0.05, 0.1) is 12.5 Å². The summed E-state index contributed by atoms with van der Waals surface area (Å²) in [4.78, 5) is 22.8. The molecule has 0 aromatic carbocycles. The van der Waals surface area contributed by atoms with Gasteiger partial charge in [0, 0.05) is 14.2 Å². The zero-order valence-corrected chi connectivity index (χ0v) is 10.4. The molecule has 0 unspecified atom stereocenters. The molecule has 0 aliphatic heterocycles. The number of aryl methyl sites for hydroxylation is 1. The Kier molecular flexibility index (Phi) is 4.28. The Bertz CT molecular complexity index is 358. The molecule has 0 saturated heterocycles. The van der Waals surface area contributed by atoms with Crippen LogP contribution in [0.1, 0.15) is 22.2 Å². The van der Waals surface area contributed by atoms with Gasteiger partial charge in [0.2, 0.25) is 6.41 Å². The highest BCUT2D eigenvalue weighted by molar-refractivity contribution is 9.10. The first-order chi connectivity index (χ1) is 7.04. The highest BCUT2D eigenvalue weighted by Crippen LogP contribution is 2.31. The van der Waals surface area contributed by atoms with Gasteiger partial charge in [0.1, 0.15) is 0 Å². The SMILES string of the molecule is Cc1sc([C@@H](CC(=O)O)NC=O)cc1Br. The maximum Gasteiger partial charge on any atom is 0.305 e. The molecule has 0 aliphatic rings. The third-order valence-electron chi connectivity index (χ3n) is 1.87. The monoisotopic (exact) mass is 291 g/mol. The quantitative estimate of drug-likeness (QED) is 0.817. The maximum atomic E-state index is 10.6. The van der Waals surface area contributed by atoms with Gasteiger partial charge in [0.15, 0.2) is 0 Å². The van der Waals surface area contributed by atoms with Crippen LogP contribution < -0.4 is 5.32 Å². The van der Waals surface area contributed by atoms with Gasteiger partial charge < -0.3 is 10.4 Å². The Balaban J connectivity index is 2.87. The number of carbonyl (C=O) groups is 2. The van der Waals surface area contributed by atoms with Crippen LogP contribution in [0, 0.1) is 6.92 Å². The molecule has 2 N–H and O–H groups in total. The van der Waals surface area contributed by atoms with Crippen LogP contribution in [0.5, 0.6) is 0 Å². The number of halogens is 1. The molecular weight excluding hydrogens is 282 g/mol. The molecule has 0 radical (unpaired) electrons. The molecule has 0 spiro atoms. The van der Waals surface area contributed by atoms with E-state index in [1.54, 1.807) is 0 Å². The van der Waals surface area contributed by atoms with E-state index in [1.165, 1.54) is 11.3 Å². The Morgan fingerprint density at radius 3 is 2.87 bits per heavy atom. The topological polar surface area (TPSA) is 66.4 Å². The van der Waals surface area contributed by atoms with Crippen molar-refractivity contribution in [2.75, 3.05) is 0 Å². The van der Waals surface area contributed by atoms with Crippen LogP contribution >= 0.6 is 27.3 Å². The summed E-state index contributed by atoms with van der Waals surface area (Å²) in [6.07, 6.45) is 0.418. The molecule has 1 rings (SSSR count). The van der Waals surface area contributed by atoms with Crippen molar-refractivity contribution in [1.29, 1.82) is 0 Å². The molecule has 1 atom stereocenters. The van der Waals surface area contributed by atoms with Gasteiger partial charge in [-0.25, -0.2) is 0 Å². The smallest absolute Gasteiger partial charge is 0.305 e. The summed E-state index contributed by atoms with van der Waals surface area (Å²) in [5, 5.41) is 11.2. The van der Waals surface area contributed by atoms with E-state index in [1.807, 2.05) is 13.0 Å². The summed E-state index contributed by atoms with van der Waals surface area (Å²) >= 11 is 4.82. The fourth-order valence-electron chi connectivity index (χ4n) is 1.15. The van der Waals surface area contributed by atoms with E-state index in [9.17, 15) is 9.59 Å². The van der Waals surface area contributed by atoms with Crippen molar-refractivity contribution in [2.45, 2.75) is 19.4 Å². The minimum Gasteiger partial charge on any atom is -0.481 e. The van der Waals surface area contributed by atoms with Gasteiger partial charge in [-0.3, -0.25) is 9.59 Å². The second kappa shape index (κ2) is 5.27. The number of carboxylic acid groups (broad SMARTS) is 1. The number of aliphatic carboxylic acids is 1. The molecule has 82 valence electrons. The number of carboxylic acids is 1. The number of rotatable bonds is 5. The molecule has 1 amide bonds. The minimum absolute atomic E-state index is 0.106.